The molecule has 2 aromatic rings. The molecule has 1 aromatic heterocycles. The van der Waals surface area contributed by atoms with Gasteiger partial charge >= 0.3 is 12.4 Å². The zero-order valence-electron chi connectivity index (χ0n) is 14.3. The number of likely N-dealkylation sites (tertiary alicyclic amines) is 1. The number of halogens is 4. The van der Waals surface area contributed by atoms with Gasteiger partial charge in [-0.15, -0.1) is 18.3 Å². The van der Waals surface area contributed by atoms with Crippen molar-refractivity contribution in [2.75, 3.05) is 11.9 Å². The first kappa shape index (κ1) is 19.1. The van der Waals surface area contributed by atoms with Crippen molar-refractivity contribution < 1.29 is 31.5 Å². The lowest BCUT2D eigenvalue weighted by Crippen LogP contribution is -2.64. The SMILES string of the molecule is C[C@@H]1[C@H](OC(F)(F)F)CN1C(=O)[C@@H](C)Nc1nnc(-c2ccc(F)cc2)o1. The summed E-state index contributed by atoms with van der Waals surface area (Å²) in [5.41, 5.74) is 0.499. The van der Waals surface area contributed by atoms with Gasteiger partial charge in [-0.3, -0.25) is 9.53 Å². The normalized spacial score (nSPS) is 20.9. The lowest BCUT2D eigenvalue weighted by Gasteiger charge is -2.46. The number of rotatable bonds is 5. The predicted octanol–water partition coefficient (Wildman–Crippen LogP) is 2.81. The molecule has 146 valence electrons. The molecule has 0 aliphatic carbocycles. The monoisotopic (exact) mass is 388 g/mol. The van der Waals surface area contributed by atoms with Crippen LogP contribution < -0.4 is 5.32 Å². The maximum absolute atomic E-state index is 12.9. The maximum atomic E-state index is 12.9. The van der Waals surface area contributed by atoms with E-state index in [2.05, 4.69) is 20.3 Å². The zero-order valence-corrected chi connectivity index (χ0v) is 14.3. The second-order valence-corrected chi connectivity index (χ2v) is 6.12. The molecule has 1 amide bonds. The Kier molecular flexibility index (Phi) is 5.05. The van der Waals surface area contributed by atoms with Crippen LogP contribution in [0.5, 0.6) is 0 Å². The summed E-state index contributed by atoms with van der Waals surface area (Å²) < 4.78 is 59.0. The van der Waals surface area contributed by atoms with Gasteiger partial charge in [0.25, 0.3) is 0 Å². The van der Waals surface area contributed by atoms with E-state index in [1.807, 2.05) is 0 Å². The van der Waals surface area contributed by atoms with E-state index in [9.17, 15) is 22.4 Å². The minimum absolute atomic E-state index is 0.0357. The molecule has 3 rings (SSSR count). The number of hydrogen-bond acceptors (Lipinski definition) is 6. The van der Waals surface area contributed by atoms with Gasteiger partial charge in [-0.1, -0.05) is 5.10 Å². The summed E-state index contributed by atoms with van der Waals surface area (Å²) in [6.45, 7) is 2.84. The second kappa shape index (κ2) is 7.14. The van der Waals surface area contributed by atoms with Gasteiger partial charge in [0.15, 0.2) is 0 Å². The van der Waals surface area contributed by atoms with Crippen LogP contribution in [-0.4, -0.2) is 52.1 Å². The fourth-order valence-electron chi connectivity index (χ4n) is 2.66. The number of carbonyl (C=O) groups is 1. The second-order valence-electron chi connectivity index (χ2n) is 6.12. The third-order valence-electron chi connectivity index (χ3n) is 4.20. The van der Waals surface area contributed by atoms with Crippen LogP contribution in [0.25, 0.3) is 11.5 Å². The number of carbonyl (C=O) groups excluding carboxylic acids is 1. The zero-order chi connectivity index (χ0) is 19.8. The Hall–Kier alpha value is -2.69. The molecule has 0 spiro atoms. The Morgan fingerprint density at radius 2 is 2.00 bits per heavy atom. The fraction of sp³-hybridized carbons (Fsp3) is 0.438. The van der Waals surface area contributed by atoms with Gasteiger partial charge in [0.1, 0.15) is 18.0 Å². The predicted molar refractivity (Wildman–Crippen MR) is 84.9 cm³/mol. The molecule has 1 saturated heterocycles. The molecule has 1 aromatic carbocycles. The number of hydrogen-bond donors (Lipinski definition) is 1. The lowest BCUT2D eigenvalue weighted by molar-refractivity contribution is -0.359. The minimum Gasteiger partial charge on any atom is -0.403 e. The van der Waals surface area contributed by atoms with E-state index in [1.54, 1.807) is 0 Å². The van der Waals surface area contributed by atoms with Crippen LogP contribution in [-0.2, 0) is 9.53 Å². The standard InChI is InChI=1S/C16H16F4N4O3/c1-8(14(25)24-7-12(9(24)2)27-16(18,19)20)21-15-23-22-13(26-15)10-3-5-11(17)6-4-10/h3-6,8-9,12H,7H2,1-2H3,(H,21,23)/t8-,9-,12-/m1/s1. The average Bonchev–Trinajstić information content (AvgIpc) is 3.05. The van der Waals surface area contributed by atoms with E-state index < -0.39 is 36.3 Å². The number of aromatic nitrogens is 2. The average molecular weight is 388 g/mol. The summed E-state index contributed by atoms with van der Waals surface area (Å²) in [5.74, 6) is -0.702. The molecule has 1 fully saturated rings. The van der Waals surface area contributed by atoms with Crippen LogP contribution >= 0.6 is 0 Å². The summed E-state index contributed by atoms with van der Waals surface area (Å²) >= 11 is 0. The summed E-state index contributed by atoms with van der Waals surface area (Å²) in [4.78, 5) is 13.6. The highest BCUT2D eigenvalue weighted by molar-refractivity contribution is 5.84. The van der Waals surface area contributed by atoms with Crippen molar-refractivity contribution >= 4 is 11.9 Å². The van der Waals surface area contributed by atoms with Crippen LogP contribution in [0.2, 0.25) is 0 Å². The van der Waals surface area contributed by atoms with Gasteiger partial charge in [0.05, 0.1) is 6.04 Å². The largest absolute Gasteiger partial charge is 0.522 e. The van der Waals surface area contributed by atoms with Crippen molar-refractivity contribution in [3.05, 3.63) is 30.1 Å². The summed E-state index contributed by atoms with van der Waals surface area (Å²) in [5, 5.41) is 10.3. The fourth-order valence-corrected chi connectivity index (χ4v) is 2.66. The van der Waals surface area contributed by atoms with E-state index in [0.717, 1.165) is 0 Å². The van der Waals surface area contributed by atoms with E-state index in [0.29, 0.717) is 5.56 Å². The molecular formula is C16H16F4N4O3. The first-order chi connectivity index (χ1) is 12.6. The molecule has 3 atom stereocenters. The van der Waals surface area contributed by atoms with Crippen LogP contribution in [0.3, 0.4) is 0 Å². The Bertz CT molecular complexity index is 809. The van der Waals surface area contributed by atoms with E-state index in [4.69, 9.17) is 4.42 Å². The van der Waals surface area contributed by atoms with Gasteiger partial charge in [-0.2, -0.15) is 0 Å². The van der Waals surface area contributed by atoms with Crippen LogP contribution in [0.1, 0.15) is 13.8 Å². The number of nitrogens with zero attached hydrogens (tertiary/aromatic N) is 3. The molecule has 0 saturated carbocycles. The van der Waals surface area contributed by atoms with E-state index >= 15 is 0 Å². The molecule has 0 unspecified atom stereocenters. The number of alkyl halides is 3. The van der Waals surface area contributed by atoms with Gasteiger partial charge in [0.2, 0.25) is 11.8 Å². The molecule has 1 N–H and O–H groups in total. The van der Waals surface area contributed by atoms with Crippen molar-refractivity contribution in [1.82, 2.24) is 15.1 Å². The van der Waals surface area contributed by atoms with Crippen LogP contribution in [0, 0.1) is 5.82 Å². The molecule has 0 bridgehead atoms. The molecule has 0 radical (unpaired) electrons. The Morgan fingerprint density at radius 1 is 1.33 bits per heavy atom. The molecule has 2 heterocycles. The van der Waals surface area contributed by atoms with Crippen molar-refractivity contribution in [3.63, 3.8) is 0 Å². The number of nitrogens with one attached hydrogen (secondary N) is 1. The third-order valence-corrected chi connectivity index (χ3v) is 4.20. The maximum Gasteiger partial charge on any atom is 0.522 e. The molecule has 1 aliphatic rings. The Labute approximate surface area is 151 Å². The van der Waals surface area contributed by atoms with Gasteiger partial charge in [-0.25, -0.2) is 4.39 Å². The van der Waals surface area contributed by atoms with Crippen molar-refractivity contribution in [3.8, 4) is 11.5 Å². The quantitative estimate of drug-likeness (QED) is 0.794. The van der Waals surface area contributed by atoms with E-state index in [-0.39, 0.29) is 18.5 Å². The van der Waals surface area contributed by atoms with Crippen LogP contribution in [0.15, 0.2) is 28.7 Å². The van der Waals surface area contributed by atoms with Crippen molar-refractivity contribution in [1.29, 1.82) is 0 Å². The van der Waals surface area contributed by atoms with Gasteiger partial charge < -0.3 is 14.6 Å². The highest BCUT2D eigenvalue weighted by Gasteiger charge is 2.46. The van der Waals surface area contributed by atoms with Crippen LogP contribution in [0.4, 0.5) is 23.6 Å². The van der Waals surface area contributed by atoms with Gasteiger partial charge in [-0.05, 0) is 38.1 Å². The van der Waals surface area contributed by atoms with Crippen molar-refractivity contribution in [2.45, 2.75) is 38.4 Å². The smallest absolute Gasteiger partial charge is 0.403 e. The Balaban J connectivity index is 1.57. The third kappa shape index (κ3) is 4.35. The summed E-state index contributed by atoms with van der Waals surface area (Å²) in [7, 11) is 0. The number of anilines is 1. The summed E-state index contributed by atoms with van der Waals surface area (Å²) in [6.07, 6.45) is -5.83. The number of benzene rings is 1. The molecule has 11 heteroatoms. The van der Waals surface area contributed by atoms with Gasteiger partial charge in [0, 0.05) is 12.1 Å². The first-order valence-electron chi connectivity index (χ1n) is 8.05. The first-order valence-corrected chi connectivity index (χ1v) is 8.05. The number of amides is 1. The molecule has 7 nitrogen and oxygen atoms in total. The highest BCUT2D eigenvalue weighted by atomic mass is 19.4. The highest BCUT2D eigenvalue weighted by Crippen LogP contribution is 2.29. The Morgan fingerprint density at radius 3 is 2.59 bits per heavy atom. The van der Waals surface area contributed by atoms with E-state index in [1.165, 1.54) is 43.0 Å². The molecule has 1 aliphatic heterocycles. The summed E-state index contributed by atoms with van der Waals surface area (Å²) in [6, 6.07) is 3.86. The molecular weight excluding hydrogens is 372 g/mol. The lowest BCUT2D eigenvalue weighted by atomic mass is 10.00. The minimum atomic E-state index is -4.74. The van der Waals surface area contributed by atoms with Crippen molar-refractivity contribution in [2.24, 2.45) is 0 Å². The molecule has 27 heavy (non-hydrogen) atoms. The number of ether oxygens (including phenoxy) is 1. The topological polar surface area (TPSA) is 80.5 Å².